The fourth-order valence-corrected chi connectivity index (χ4v) is 2.39. The fourth-order valence-electron chi connectivity index (χ4n) is 2.39. The van der Waals surface area contributed by atoms with Crippen molar-refractivity contribution in [2.75, 3.05) is 6.54 Å². The van der Waals surface area contributed by atoms with Gasteiger partial charge in [-0.1, -0.05) is 18.2 Å². The monoisotopic (exact) mass is 257 g/mol. The topological polar surface area (TPSA) is 59.2 Å². The molecule has 1 aromatic heterocycles. The Morgan fingerprint density at radius 1 is 1.32 bits per heavy atom. The molecule has 2 aromatic rings. The van der Waals surface area contributed by atoms with E-state index in [1.807, 2.05) is 24.3 Å². The summed E-state index contributed by atoms with van der Waals surface area (Å²) >= 11 is 0. The maximum atomic E-state index is 12.5. The Labute approximate surface area is 111 Å². The van der Waals surface area contributed by atoms with Crippen molar-refractivity contribution in [1.29, 1.82) is 0 Å². The molecule has 1 aliphatic heterocycles. The first-order valence-corrected chi connectivity index (χ1v) is 6.40. The van der Waals surface area contributed by atoms with Crippen molar-refractivity contribution >= 4 is 5.91 Å². The summed E-state index contributed by atoms with van der Waals surface area (Å²) in [5, 5.41) is 7.74. The second kappa shape index (κ2) is 4.84. The van der Waals surface area contributed by atoms with Crippen LogP contribution in [0.4, 0.5) is 0 Å². The van der Waals surface area contributed by atoms with E-state index in [0.717, 1.165) is 30.5 Å². The van der Waals surface area contributed by atoms with Gasteiger partial charge in [-0.25, -0.2) is 0 Å². The molecule has 1 aliphatic rings. The van der Waals surface area contributed by atoms with Crippen LogP contribution in [0, 0.1) is 6.92 Å². The molecule has 98 valence electrons. The minimum Gasteiger partial charge on any atom is -0.424 e. The summed E-state index contributed by atoms with van der Waals surface area (Å²) in [6, 6.07) is 7.78. The van der Waals surface area contributed by atoms with E-state index in [2.05, 4.69) is 10.2 Å². The number of hydrogen-bond donors (Lipinski definition) is 0. The van der Waals surface area contributed by atoms with Crippen LogP contribution < -0.4 is 0 Å². The SMILES string of the molecule is Cc1nnc(CN2CCCc3ccccc3C2=O)o1. The van der Waals surface area contributed by atoms with Crippen LogP contribution in [0.2, 0.25) is 0 Å². The van der Waals surface area contributed by atoms with Crippen LogP contribution in [0.25, 0.3) is 0 Å². The van der Waals surface area contributed by atoms with Crippen molar-refractivity contribution in [3.63, 3.8) is 0 Å². The molecular weight excluding hydrogens is 242 g/mol. The van der Waals surface area contributed by atoms with E-state index in [4.69, 9.17) is 4.42 Å². The number of aromatic nitrogens is 2. The Morgan fingerprint density at radius 2 is 2.16 bits per heavy atom. The average Bonchev–Trinajstić information content (AvgIpc) is 2.75. The van der Waals surface area contributed by atoms with Gasteiger partial charge in [0.2, 0.25) is 11.8 Å². The normalized spacial score (nSPS) is 15.2. The lowest BCUT2D eigenvalue weighted by atomic mass is 10.0. The minimum absolute atomic E-state index is 0.0453. The molecule has 0 fully saturated rings. The van der Waals surface area contributed by atoms with E-state index in [1.165, 1.54) is 0 Å². The van der Waals surface area contributed by atoms with Crippen LogP contribution in [0.15, 0.2) is 28.7 Å². The molecule has 0 radical (unpaired) electrons. The molecule has 3 rings (SSSR count). The Bertz CT molecular complexity index is 606. The highest BCUT2D eigenvalue weighted by molar-refractivity contribution is 5.96. The first kappa shape index (κ1) is 11.9. The van der Waals surface area contributed by atoms with Gasteiger partial charge in [0.1, 0.15) is 0 Å². The lowest BCUT2D eigenvalue weighted by Crippen LogP contribution is -2.30. The van der Waals surface area contributed by atoms with Gasteiger partial charge in [0.05, 0.1) is 6.54 Å². The lowest BCUT2D eigenvalue weighted by molar-refractivity contribution is 0.0733. The zero-order chi connectivity index (χ0) is 13.2. The Balaban J connectivity index is 1.85. The van der Waals surface area contributed by atoms with Gasteiger partial charge in [-0.05, 0) is 24.5 Å². The summed E-state index contributed by atoms with van der Waals surface area (Å²) in [6.45, 7) is 2.85. The summed E-state index contributed by atoms with van der Waals surface area (Å²) in [7, 11) is 0. The molecule has 0 aliphatic carbocycles. The van der Waals surface area contributed by atoms with E-state index < -0.39 is 0 Å². The smallest absolute Gasteiger partial charge is 0.254 e. The average molecular weight is 257 g/mol. The molecule has 1 aromatic carbocycles. The van der Waals surface area contributed by atoms with Gasteiger partial charge in [0.25, 0.3) is 5.91 Å². The summed E-state index contributed by atoms with van der Waals surface area (Å²) in [5.41, 5.74) is 1.91. The first-order valence-electron chi connectivity index (χ1n) is 6.40. The molecule has 0 saturated carbocycles. The lowest BCUT2D eigenvalue weighted by Gasteiger charge is -2.18. The number of carbonyl (C=O) groups is 1. The van der Waals surface area contributed by atoms with Crippen molar-refractivity contribution in [3.8, 4) is 0 Å². The third kappa shape index (κ3) is 2.36. The van der Waals surface area contributed by atoms with Crippen LogP contribution in [-0.4, -0.2) is 27.5 Å². The molecule has 5 nitrogen and oxygen atoms in total. The molecule has 0 spiro atoms. The molecule has 0 bridgehead atoms. The number of nitrogens with zero attached hydrogens (tertiary/aromatic N) is 3. The van der Waals surface area contributed by atoms with Gasteiger partial charge in [0, 0.05) is 19.0 Å². The standard InChI is InChI=1S/C14H15N3O2/c1-10-15-16-13(19-10)9-17-8-4-6-11-5-2-3-7-12(11)14(17)18/h2-3,5,7H,4,6,8-9H2,1H3. The van der Waals surface area contributed by atoms with E-state index in [1.54, 1.807) is 11.8 Å². The van der Waals surface area contributed by atoms with Crippen LogP contribution in [0.1, 0.15) is 34.1 Å². The van der Waals surface area contributed by atoms with Gasteiger partial charge in [0.15, 0.2) is 0 Å². The molecule has 2 heterocycles. The van der Waals surface area contributed by atoms with E-state index >= 15 is 0 Å². The van der Waals surface area contributed by atoms with E-state index in [0.29, 0.717) is 18.3 Å². The predicted octanol–water partition coefficient (Wildman–Crippen LogP) is 1.97. The van der Waals surface area contributed by atoms with Crippen LogP contribution in [0.5, 0.6) is 0 Å². The van der Waals surface area contributed by atoms with Crippen LogP contribution in [0.3, 0.4) is 0 Å². The highest BCUT2D eigenvalue weighted by atomic mass is 16.4. The summed E-state index contributed by atoms with van der Waals surface area (Å²) in [5.74, 6) is 1.06. The molecule has 0 N–H and O–H groups in total. The molecule has 19 heavy (non-hydrogen) atoms. The van der Waals surface area contributed by atoms with Crippen molar-refractivity contribution in [3.05, 3.63) is 47.2 Å². The molecule has 0 atom stereocenters. The number of benzene rings is 1. The molecule has 1 amide bonds. The molecule has 5 heteroatoms. The first-order chi connectivity index (χ1) is 9.24. The van der Waals surface area contributed by atoms with Crippen molar-refractivity contribution in [2.45, 2.75) is 26.3 Å². The van der Waals surface area contributed by atoms with Gasteiger partial charge < -0.3 is 9.32 Å². The van der Waals surface area contributed by atoms with E-state index in [9.17, 15) is 4.79 Å². The number of hydrogen-bond acceptors (Lipinski definition) is 4. The Hall–Kier alpha value is -2.17. The third-order valence-electron chi connectivity index (χ3n) is 3.30. The number of fused-ring (bicyclic) bond motifs is 1. The zero-order valence-electron chi connectivity index (χ0n) is 10.8. The summed E-state index contributed by atoms with van der Waals surface area (Å²) < 4.78 is 5.35. The van der Waals surface area contributed by atoms with Gasteiger partial charge >= 0.3 is 0 Å². The largest absolute Gasteiger partial charge is 0.424 e. The fraction of sp³-hybridized carbons (Fsp3) is 0.357. The van der Waals surface area contributed by atoms with Crippen molar-refractivity contribution in [1.82, 2.24) is 15.1 Å². The number of aryl methyl sites for hydroxylation is 2. The van der Waals surface area contributed by atoms with Crippen LogP contribution >= 0.6 is 0 Å². The second-order valence-electron chi connectivity index (χ2n) is 4.70. The number of rotatable bonds is 2. The Morgan fingerprint density at radius 3 is 2.95 bits per heavy atom. The highest BCUT2D eigenvalue weighted by Gasteiger charge is 2.23. The predicted molar refractivity (Wildman–Crippen MR) is 68.5 cm³/mol. The van der Waals surface area contributed by atoms with Gasteiger partial charge in [-0.2, -0.15) is 0 Å². The summed E-state index contributed by atoms with van der Waals surface area (Å²) in [6.07, 6.45) is 1.89. The van der Waals surface area contributed by atoms with Gasteiger partial charge in [-0.15, -0.1) is 10.2 Å². The third-order valence-corrected chi connectivity index (χ3v) is 3.30. The van der Waals surface area contributed by atoms with Crippen molar-refractivity contribution < 1.29 is 9.21 Å². The van der Waals surface area contributed by atoms with Crippen LogP contribution in [-0.2, 0) is 13.0 Å². The second-order valence-corrected chi connectivity index (χ2v) is 4.70. The number of amides is 1. The van der Waals surface area contributed by atoms with Gasteiger partial charge in [-0.3, -0.25) is 4.79 Å². The molecular formula is C14H15N3O2. The highest BCUT2D eigenvalue weighted by Crippen LogP contribution is 2.19. The van der Waals surface area contributed by atoms with Crippen molar-refractivity contribution in [2.24, 2.45) is 0 Å². The zero-order valence-corrected chi connectivity index (χ0v) is 10.8. The Kier molecular flexibility index (Phi) is 3.03. The minimum atomic E-state index is 0.0453. The number of carbonyl (C=O) groups excluding carboxylic acids is 1. The summed E-state index contributed by atoms with van der Waals surface area (Å²) in [4.78, 5) is 14.3. The quantitative estimate of drug-likeness (QED) is 0.825. The molecule has 0 unspecified atom stereocenters. The maximum Gasteiger partial charge on any atom is 0.254 e. The maximum absolute atomic E-state index is 12.5. The molecule has 0 saturated heterocycles. The van der Waals surface area contributed by atoms with E-state index in [-0.39, 0.29) is 5.91 Å².